The number of nitrogens with zero attached hydrogens (tertiary/aromatic N) is 3. The van der Waals surface area contributed by atoms with Gasteiger partial charge in [0.1, 0.15) is 6.61 Å². The predicted octanol–water partition coefficient (Wildman–Crippen LogP) is 1.83. The van der Waals surface area contributed by atoms with Gasteiger partial charge in [-0.3, -0.25) is 9.80 Å². The molecule has 0 amide bonds. The number of ether oxygens (including phenoxy) is 2. The fraction of sp³-hybridized carbons (Fsp3) is 0.520. The molecule has 32 heavy (non-hydrogen) atoms. The molecular weight excluding hydrogens is 406 g/mol. The molecule has 2 heterocycles. The summed E-state index contributed by atoms with van der Waals surface area (Å²) in [4.78, 5) is 7.13. The van der Waals surface area contributed by atoms with Crippen molar-refractivity contribution in [2.24, 2.45) is 0 Å². The highest BCUT2D eigenvalue weighted by molar-refractivity contribution is 5.46. The second-order valence-electron chi connectivity index (χ2n) is 8.84. The van der Waals surface area contributed by atoms with E-state index in [1.54, 1.807) is 7.11 Å². The first-order valence-electron chi connectivity index (χ1n) is 11.5. The second kappa shape index (κ2) is 10.5. The minimum Gasteiger partial charge on any atom is -0.493 e. The van der Waals surface area contributed by atoms with E-state index in [-0.39, 0.29) is 13.2 Å². The van der Waals surface area contributed by atoms with Crippen molar-refractivity contribution < 1.29 is 19.7 Å². The number of methoxy groups -OCH3 is 1. The van der Waals surface area contributed by atoms with E-state index in [1.807, 2.05) is 18.2 Å². The molecule has 0 aromatic heterocycles. The average molecular weight is 442 g/mol. The first-order valence-corrected chi connectivity index (χ1v) is 11.5. The lowest BCUT2D eigenvalue weighted by atomic mass is 10.0. The van der Waals surface area contributed by atoms with Gasteiger partial charge in [0.15, 0.2) is 11.5 Å². The highest BCUT2D eigenvalue weighted by atomic mass is 16.5. The Morgan fingerprint density at radius 1 is 0.938 bits per heavy atom. The third-order valence-electron chi connectivity index (χ3n) is 6.41. The quantitative estimate of drug-likeness (QED) is 0.615. The zero-order valence-corrected chi connectivity index (χ0v) is 18.9. The largest absolute Gasteiger partial charge is 0.493 e. The standard InChI is InChI=1S/C25H35N3O4/c1-31-24-17-21(7-8-23(24)32-16-15-29)18-27-10-9-25(30,20-27)19-26-11-13-28(14-12-26)22-5-3-2-4-6-22/h2-8,17,29-30H,9-16,18-20H2,1H3/t25-/m1/s1. The van der Waals surface area contributed by atoms with Gasteiger partial charge in [-0.15, -0.1) is 0 Å². The predicted molar refractivity (Wildman–Crippen MR) is 126 cm³/mol. The van der Waals surface area contributed by atoms with Crippen molar-refractivity contribution in [2.75, 3.05) is 71.0 Å². The van der Waals surface area contributed by atoms with Crippen molar-refractivity contribution in [3.63, 3.8) is 0 Å². The lowest BCUT2D eigenvalue weighted by Gasteiger charge is -2.39. The summed E-state index contributed by atoms with van der Waals surface area (Å²) in [7, 11) is 1.62. The molecule has 1 atom stereocenters. The summed E-state index contributed by atoms with van der Waals surface area (Å²) < 4.78 is 11.0. The fourth-order valence-corrected chi connectivity index (χ4v) is 4.77. The van der Waals surface area contributed by atoms with Crippen molar-refractivity contribution in [1.82, 2.24) is 9.80 Å². The van der Waals surface area contributed by atoms with Gasteiger partial charge in [-0.1, -0.05) is 24.3 Å². The van der Waals surface area contributed by atoms with E-state index < -0.39 is 5.60 Å². The van der Waals surface area contributed by atoms with E-state index in [0.29, 0.717) is 18.0 Å². The van der Waals surface area contributed by atoms with Crippen LogP contribution in [0.3, 0.4) is 0 Å². The van der Waals surface area contributed by atoms with Crippen LogP contribution in [-0.2, 0) is 6.54 Å². The van der Waals surface area contributed by atoms with Crippen molar-refractivity contribution in [3.05, 3.63) is 54.1 Å². The molecule has 0 saturated carbocycles. The van der Waals surface area contributed by atoms with Gasteiger partial charge in [0.25, 0.3) is 0 Å². The summed E-state index contributed by atoms with van der Waals surface area (Å²) in [6, 6.07) is 16.4. The van der Waals surface area contributed by atoms with E-state index >= 15 is 0 Å². The molecule has 0 aliphatic carbocycles. The van der Waals surface area contributed by atoms with E-state index in [0.717, 1.165) is 57.8 Å². The summed E-state index contributed by atoms with van der Waals surface area (Å²) in [6.07, 6.45) is 0.792. The number of para-hydroxylation sites is 1. The van der Waals surface area contributed by atoms with Gasteiger partial charge in [-0.05, 0) is 36.2 Å². The van der Waals surface area contributed by atoms with Crippen LogP contribution in [-0.4, -0.2) is 91.8 Å². The van der Waals surface area contributed by atoms with E-state index in [4.69, 9.17) is 14.6 Å². The van der Waals surface area contributed by atoms with Crippen LogP contribution in [0.15, 0.2) is 48.5 Å². The van der Waals surface area contributed by atoms with Gasteiger partial charge < -0.3 is 24.6 Å². The molecule has 2 aliphatic rings. The highest BCUT2D eigenvalue weighted by Gasteiger charge is 2.38. The van der Waals surface area contributed by atoms with E-state index in [1.165, 1.54) is 5.69 Å². The van der Waals surface area contributed by atoms with Gasteiger partial charge in [0.05, 0.1) is 19.3 Å². The molecule has 7 heteroatoms. The molecule has 0 bridgehead atoms. The minimum absolute atomic E-state index is 0.0292. The first kappa shape index (κ1) is 22.9. The Morgan fingerprint density at radius 2 is 1.72 bits per heavy atom. The number of likely N-dealkylation sites (tertiary alicyclic amines) is 1. The number of rotatable bonds is 9. The van der Waals surface area contributed by atoms with Crippen molar-refractivity contribution in [1.29, 1.82) is 0 Å². The molecule has 2 aliphatic heterocycles. The number of aliphatic hydroxyl groups is 2. The molecule has 2 fully saturated rings. The molecule has 0 spiro atoms. The number of aliphatic hydroxyl groups excluding tert-OH is 1. The van der Waals surface area contributed by atoms with E-state index in [2.05, 4.69) is 45.0 Å². The second-order valence-corrected chi connectivity index (χ2v) is 8.84. The van der Waals surface area contributed by atoms with Crippen LogP contribution in [0.4, 0.5) is 5.69 Å². The summed E-state index contributed by atoms with van der Waals surface area (Å²) in [5.74, 6) is 1.31. The van der Waals surface area contributed by atoms with Gasteiger partial charge in [0.2, 0.25) is 0 Å². The zero-order valence-electron chi connectivity index (χ0n) is 18.9. The first-order chi connectivity index (χ1) is 15.6. The van der Waals surface area contributed by atoms with E-state index in [9.17, 15) is 5.11 Å². The molecule has 2 aromatic carbocycles. The van der Waals surface area contributed by atoms with Crippen molar-refractivity contribution in [2.45, 2.75) is 18.6 Å². The molecule has 174 valence electrons. The number of hydrogen-bond acceptors (Lipinski definition) is 7. The van der Waals surface area contributed by atoms with Crippen molar-refractivity contribution in [3.8, 4) is 11.5 Å². The number of anilines is 1. The summed E-state index contributed by atoms with van der Waals surface area (Å²) in [5.41, 5.74) is 1.74. The Hall–Kier alpha value is -2.32. The van der Waals surface area contributed by atoms with Crippen molar-refractivity contribution >= 4 is 5.69 Å². The van der Waals surface area contributed by atoms with Gasteiger partial charge in [0, 0.05) is 58.0 Å². The zero-order chi connectivity index (χ0) is 22.4. The topological polar surface area (TPSA) is 68.6 Å². The Kier molecular flexibility index (Phi) is 7.52. The monoisotopic (exact) mass is 441 g/mol. The summed E-state index contributed by atoms with van der Waals surface area (Å²) >= 11 is 0. The maximum atomic E-state index is 11.3. The third kappa shape index (κ3) is 5.72. The van der Waals surface area contributed by atoms with Gasteiger partial charge >= 0.3 is 0 Å². The molecule has 2 saturated heterocycles. The maximum Gasteiger partial charge on any atom is 0.161 e. The molecule has 2 aromatic rings. The third-order valence-corrected chi connectivity index (χ3v) is 6.41. The molecule has 0 radical (unpaired) electrons. The van der Waals surface area contributed by atoms with Crippen LogP contribution in [0, 0.1) is 0 Å². The Morgan fingerprint density at radius 3 is 2.44 bits per heavy atom. The number of benzene rings is 2. The lowest BCUT2D eigenvalue weighted by molar-refractivity contribution is 0.00978. The van der Waals surface area contributed by atoms with Gasteiger partial charge in [-0.25, -0.2) is 0 Å². The summed E-state index contributed by atoms with van der Waals surface area (Å²) in [6.45, 7) is 7.20. The van der Waals surface area contributed by atoms with Crippen LogP contribution in [0.5, 0.6) is 11.5 Å². The summed E-state index contributed by atoms with van der Waals surface area (Å²) in [5, 5.41) is 20.2. The normalized spacial score (nSPS) is 22.3. The fourth-order valence-electron chi connectivity index (χ4n) is 4.77. The number of β-amino-alcohol motifs (C(OH)–C–C–N with tert-alkyl or cyclic N) is 1. The highest BCUT2D eigenvalue weighted by Crippen LogP contribution is 2.30. The van der Waals surface area contributed by atoms with Crippen LogP contribution < -0.4 is 14.4 Å². The number of piperazine rings is 1. The van der Waals surface area contributed by atoms with Crippen LogP contribution in [0.25, 0.3) is 0 Å². The Labute approximate surface area is 190 Å². The number of hydrogen-bond donors (Lipinski definition) is 2. The SMILES string of the molecule is COc1cc(CN2CC[C@@](O)(CN3CCN(c4ccccc4)CC3)C2)ccc1OCCO. The minimum atomic E-state index is -0.664. The molecule has 2 N–H and O–H groups in total. The molecule has 4 rings (SSSR count). The smallest absolute Gasteiger partial charge is 0.161 e. The maximum absolute atomic E-state index is 11.3. The van der Waals surface area contributed by atoms with Crippen LogP contribution >= 0.6 is 0 Å². The average Bonchev–Trinajstić information content (AvgIpc) is 3.19. The van der Waals surface area contributed by atoms with Crippen LogP contribution in [0.1, 0.15) is 12.0 Å². The van der Waals surface area contributed by atoms with Crippen LogP contribution in [0.2, 0.25) is 0 Å². The van der Waals surface area contributed by atoms with Gasteiger partial charge in [-0.2, -0.15) is 0 Å². The lowest BCUT2D eigenvalue weighted by Crippen LogP contribution is -2.52. The molecule has 7 nitrogen and oxygen atoms in total. The molecule has 0 unspecified atom stereocenters. The molecular formula is C25H35N3O4. The Bertz CT molecular complexity index is 858. The Balaban J connectivity index is 1.27.